The maximum absolute atomic E-state index is 10.9. The number of nitrogens with zero attached hydrogens (tertiary/aromatic N) is 2. The second kappa shape index (κ2) is 9.84. The lowest BCUT2D eigenvalue weighted by Crippen LogP contribution is -2.50. The number of carboxylic acids is 2. The van der Waals surface area contributed by atoms with E-state index in [1.807, 2.05) is 0 Å². The van der Waals surface area contributed by atoms with Gasteiger partial charge in [0.2, 0.25) is 13.1 Å². The van der Waals surface area contributed by atoms with E-state index in [2.05, 4.69) is 26.0 Å². The Hall–Kier alpha value is -2.78. The van der Waals surface area contributed by atoms with Crippen molar-refractivity contribution in [2.24, 2.45) is 34.5 Å². The van der Waals surface area contributed by atoms with E-state index in [0.29, 0.717) is 24.7 Å². The fraction of sp³-hybridized carbons (Fsp3) is 0.750. The maximum Gasteiger partial charge on any atom is 0.304 e. The van der Waals surface area contributed by atoms with E-state index >= 15 is 0 Å². The number of carbonyl (C=O) groups is 2. The fourth-order valence-corrected chi connectivity index (χ4v) is 7.06. The standard InChI is InChI=1S/2C12H17NO4/c2*1-2-8-3-9-5-12(6-11(14)15,7-13(16)17)10(9)4-8/h2*4,9-10H,2-3,5-7H2,1H3,(H,14,15)/t2*9-,10-,12-/m10/s1. The van der Waals surface area contributed by atoms with Crippen molar-refractivity contribution in [1.82, 2.24) is 0 Å². The molecule has 0 aliphatic heterocycles. The highest BCUT2D eigenvalue weighted by Crippen LogP contribution is 2.61. The Labute approximate surface area is 198 Å². The third kappa shape index (κ3) is 5.15. The van der Waals surface area contributed by atoms with Gasteiger partial charge in [-0.1, -0.05) is 37.1 Å². The average molecular weight is 479 g/mol. The fourth-order valence-electron chi connectivity index (χ4n) is 7.06. The van der Waals surface area contributed by atoms with E-state index in [1.165, 1.54) is 11.1 Å². The lowest BCUT2D eigenvalue weighted by Gasteiger charge is -2.48. The maximum atomic E-state index is 10.9. The molecule has 10 heteroatoms. The molecule has 34 heavy (non-hydrogen) atoms. The molecule has 0 aromatic carbocycles. The third-order valence-corrected chi connectivity index (χ3v) is 8.45. The van der Waals surface area contributed by atoms with E-state index < -0.39 is 22.8 Å². The van der Waals surface area contributed by atoms with Crippen molar-refractivity contribution in [2.75, 3.05) is 13.1 Å². The van der Waals surface area contributed by atoms with Crippen LogP contribution in [0.2, 0.25) is 0 Å². The smallest absolute Gasteiger partial charge is 0.304 e. The van der Waals surface area contributed by atoms with Gasteiger partial charge in [0.05, 0.1) is 23.7 Å². The first kappa shape index (κ1) is 25.8. The third-order valence-electron chi connectivity index (χ3n) is 8.45. The van der Waals surface area contributed by atoms with Crippen LogP contribution in [-0.4, -0.2) is 45.1 Å². The normalized spacial score (nSPS) is 34.8. The van der Waals surface area contributed by atoms with Crippen molar-refractivity contribution in [3.63, 3.8) is 0 Å². The summed E-state index contributed by atoms with van der Waals surface area (Å²) in [6.07, 6.45) is 9.34. The van der Waals surface area contributed by atoms with Gasteiger partial charge >= 0.3 is 11.9 Å². The number of allylic oxidation sites excluding steroid dienone is 4. The van der Waals surface area contributed by atoms with Crippen LogP contribution in [0.15, 0.2) is 23.3 Å². The first-order chi connectivity index (χ1) is 15.9. The minimum atomic E-state index is -0.927. The monoisotopic (exact) mass is 478 g/mol. The number of carboxylic acid groups (broad SMARTS) is 2. The van der Waals surface area contributed by atoms with Crippen LogP contribution in [0, 0.1) is 54.7 Å². The Kier molecular flexibility index (Phi) is 7.47. The molecule has 0 radical (unpaired) electrons. The molecule has 0 spiro atoms. The molecule has 4 rings (SSSR count). The minimum absolute atomic E-state index is 0.0807. The van der Waals surface area contributed by atoms with E-state index in [9.17, 15) is 29.8 Å². The molecule has 2 saturated carbocycles. The van der Waals surface area contributed by atoms with Crippen LogP contribution < -0.4 is 0 Å². The molecule has 0 bridgehead atoms. The van der Waals surface area contributed by atoms with Crippen LogP contribution in [0.4, 0.5) is 0 Å². The van der Waals surface area contributed by atoms with E-state index in [1.54, 1.807) is 0 Å². The Morgan fingerprint density at radius 1 is 0.853 bits per heavy atom. The van der Waals surface area contributed by atoms with Crippen molar-refractivity contribution < 1.29 is 29.6 Å². The number of hydrogen-bond donors (Lipinski definition) is 2. The zero-order valence-corrected chi connectivity index (χ0v) is 19.8. The van der Waals surface area contributed by atoms with Crippen molar-refractivity contribution in [1.29, 1.82) is 0 Å². The molecule has 0 aromatic heterocycles. The van der Waals surface area contributed by atoms with Gasteiger partial charge in [-0.3, -0.25) is 29.8 Å². The van der Waals surface area contributed by atoms with Crippen molar-refractivity contribution in [3.05, 3.63) is 43.5 Å². The second-order valence-corrected chi connectivity index (χ2v) is 10.6. The highest BCUT2D eigenvalue weighted by atomic mass is 16.6. The summed E-state index contributed by atoms with van der Waals surface area (Å²) < 4.78 is 0. The zero-order valence-electron chi connectivity index (χ0n) is 19.8. The summed E-state index contributed by atoms with van der Waals surface area (Å²) in [5, 5.41) is 39.3. The predicted octanol–water partition coefficient (Wildman–Crippen LogP) is 4.20. The van der Waals surface area contributed by atoms with Crippen molar-refractivity contribution >= 4 is 11.9 Å². The highest BCUT2D eigenvalue weighted by Gasteiger charge is 2.59. The van der Waals surface area contributed by atoms with Gasteiger partial charge in [0.1, 0.15) is 0 Å². The number of hydrogen-bond acceptors (Lipinski definition) is 6. The molecule has 0 unspecified atom stereocenters. The molecule has 188 valence electrons. The molecule has 0 aromatic rings. The molecule has 4 aliphatic rings. The molecule has 2 N–H and O–H groups in total. The van der Waals surface area contributed by atoms with Gasteiger partial charge in [0.15, 0.2) is 0 Å². The SMILES string of the molecule is CCC1=C[C@@H]2[C@H](C1)C[C@@]2(CC(=O)O)C[N+](=O)[O-].CCC1=C[C@H]2[C@@H](C1)C[C@]2(CC(=O)O)C[N+](=O)[O-]. The summed E-state index contributed by atoms with van der Waals surface area (Å²) in [6, 6.07) is 0. The van der Waals surface area contributed by atoms with Crippen LogP contribution in [0.3, 0.4) is 0 Å². The Balaban J connectivity index is 0.000000191. The van der Waals surface area contributed by atoms with Gasteiger partial charge in [-0.2, -0.15) is 0 Å². The summed E-state index contributed by atoms with van der Waals surface area (Å²) >= 11 is 0. The lowest BCUT2D eigenvalue weighted by atomic mass is 9.53. The van der Waals surface area contributed by atoms with Crippen LogP contribution in [-0.2, 0) is 9.59 Å². The van der Waals surface area contributed by atoms with Gasteiger partial charge in [-0.15, -0.1) is 0 Å². The topological polar surface area (TPSA) is 161 Å². The van der Waals surface area contributed by atoms with Gasteiger partial charge in [-0.05, 0) is 62.2 Å². The molecule has 4 aliphatic carbocycles. The van der Waals surface area contributed by atoms with Crippen LogP contribution in [0.1, 0.15) is 65.2 Å². The summed E-state index contributed by atoms with van der Waals surface area (Å²) in [5.41, 5.74) is 1.40. The quantitative estimate of drug-likeness (QED) is 0.268. The minimum Gasteiger partial charge on any atom is -0.481 e. The molecule has 0 amide bonds. The average Bonchev–Trinajstić information content (AvgIpc) is 3.24. The largest absolute Gasteiger partial charge is 0.481 e. The molecule has 6 atom stereocenters. The summed E-state index contributed by atoms with van der Waals surface area (Å²) in [5.74, 6) is -0.737. The zero-order chi connectivity index (χ0) is 25.3. The van der Waals surface area contributed by atoms with Crippen LogP contribution in [0.25, 0.3) is 0 Å². The highest BCUT2D eigenvalue weighted by molar-refractivity contribution is 5.68. The van der Waals surface area contributed by atoms with Gasteiger partial charge in [0, 0.05) is 9.85 Å². The summed E-state index contributed by atoms with van der Waals surface area (Å²) in [4.78, 5) is 42.5. The van der Waals surface area contributed by atoms with Crippen LogP contribution >= 0.6 is 0 Å². The van der Waals surface area contributed by atoms with E-state index in [4.69, 9.17) is 10.2 Å². The van der Waals surface area contributed by atoms with Gasteiger partial charge < -0.3 is 10.2 Å². The predicted molar refractivity (Wildman–Crippen MR) is 122 cm³/mol. The van der Waals surface area contributed by atoms with Gasteiger partial charge in [-0.25, -0.2) is 0 Å². The Morgan fingerprint density at radius 2 is 1.21 bits per heavy atom. The first-order valence-corrected chi connectivity index (χ1v) is 12.0. The lowest BCUT2D eigenvalue weighted by molar-refractivity contribution is -0.506. The molecular weight excluding hydrogens is 444 g/mol. The second-order valence-electron chi connectivity index (χ2n) is 10.6. The number of fused-ring (bicyclic) bond motifs is 2. The first-order valence-electron chi connectivity index (χ1n) is 12.0. The van der Waals surface area contributed by atoms with Crippen molar-refractivity contribution in [3.8, 4) is 0 Å². The van der Waals surface area contributed by atoms with Crippen LogP contribution in [0.5, 0.6) is 0 Å². The molecular formula is C24H34N2O8. The number of rotatable bonds is 10. The molecule has 10 nitrogen and oxygen atoms in total. The summed E-state index contributed by atoms with van der Waals surface area (Å²) in [6.45, 7) is 3.72. The summed E-state index contributed by atoms with van der Waals surface area (Å²) in [7, 11) is 0. The Bertz CT molecular complexity index is 818. The number of nitro groups is 2. The Morgan fingerprint density at radius 3 is 1.47 bits per heavy atom. The van der Waals surface area contributed by atoms with E-state index in [-0.39, 0.29) is 47.6 Å². The number of aliphatic carboxylic acids is 2. The molecule has 0 saturated heterocycles. The molecule has 0 heterocycles. The molecule has 2 fully saturated rings. The van der Waals surface area contributed by atoms with E-state index in [0.717, 1.165) is 25.7 Å². The van der Waals surface area contributed by atoms with Gasteiger partial charge in [0.25, 0.3) is 0 Å². The van der Waals surface area contributed by atoms with Crippen molar-refractivity contribution in [2.45, 2.75) is 65.2 Å².